The van der Waals surface area contributed by atoms with E-state index in [1.807, 2.05) is 5.09 Å². The lowest BCUT2D eigenvalue weighted by Crippen LogP contribution is -2.33. The monoisotopic (exact) mass is 293 g/mol. The Hall–Kier alpha value is -1.21. The maximum atomic E-state index is 11.7. The molecule has 0 spiro atoms. The number of phenolic OH excluding ortho intramolecular Hbond substituents is 1. The molecule has 9 nitrogen and oxygen atoms in total. The van der Waals surface area contributed by atoms with Crippen molar-refractivity contribution in [2.45, 2.75) is 0 Å². The van der Waals surface area contributed by atoms with Crippen LogP contribution in [0.15, 0.2) is 18.2 Å². The number of benzene rings is 1. The summed E-state index contributed by atoms with van der Waals surface area (Å²) in [5.41, 5.74) is 20.2. The minimum atomic E-state index is -3.80. The summed E-state index contributed by atoms with van der Waals surface area (Å²) in [7, 11) is -7.60. The molecule has 0 aliphatic carbocycles. The molecular formula is C7H13N5O4P2. The van der Waals surface area contributed by atoms with Crippen LogP contribution in [0, 0.1) is 0 Å². The van der Waals surface area contributed by atoms with Gasteiger partial charge in [0.2, 0.25) is 7.44 Å². The maximum absolute atomic E-state index is 11.7. The van der Waals surface area contributed by atoms with E-state index in [0.717, 1.165) is 18.2 Å². The molecule has 0 unspecified atom stereocenters. The lowest BCUT2D eigenvalue weighted by molar-refractivity contribution is 0.0981. The third kappa shape index (κ3) is 3.92. The van der Waals surface area contributed by atoms with Gasteiger partial charge in [0.1, 0.15) is 5.75 Å². The number of nitrogens with two attached hydrogens (primary N) is 4. The van der Waals surface area contributed by atoms with Crippen LogP contribution in [-0.4, -0.2) is 11.0 Å². The third-order valence-electron chi connectivity index (χ3n) is 1.88. The highest BCUT2D eigenvalue weighted by molar-refractivity contribution is 7.67. The number of phenols is 1. The first-order valence-corrected chi connectivity index (χ1v) is 8.20. The first-order chi connectivity index (χ1) is 8.00. The van der Waals surface area contributed by atoms with Crippen LogP contribution in [0.2, 0.25) is 0 Å². The van der Waals surface area contributed by atoms with Crippen LogP contribution in [0.4, 0.5) is 0 Å². The largest absolute Gasteiger partial charge is 0.508 e. The van der Waals surface area contributed by atoms with E-state index in [2.05, 4.69) is 0 Å². The van der Waals surface area contributed by atoms with E-state index in [0.29, 0.717) is 0 Å². The van der Waals surface area contributed by atoms with Gasteiger partial charge < -0.3 is 5.11 Å². The van der Waals surface area contributed by atoms with Crippen molar-refractivity contribution in [1.82, 2.24) is 5.09 Å². The standard InChI is InChI=1S/C7H13N5O4P2/c8-17(9,15)6-3-4(13)1-2-5(6)7(14)12-18(10,11)16/h1-3,13H,(H4,8,9,15)(H5,10,11,12,14,16). The van der Waals surface area contributed by atoms with Crippen molar-refractivity contribution in [3.63, 3.8) is 0 Å². The van der Waals surface area contributed by atoms with E-state index in [1.165, 1.54) is 0 Å². The van der Waals surface area contributed by atoms with Crippen molar-refractivity contribution >= 4 is 26.2 Å². The molecule has 10 N–H and O–H groups in total. The van der Waals surface area contributed by atoms with Crippen molar-refractivity contribution in [2.24, 2.45) is 22.0 Å². The Morgan fingerprint density at radius 1 is 1.17 bits per heavy atom. The smallest absolute Gasteiger partial charge is 0.300 e. The SMILES string of the molecule is NP(N)(=O)NC(=O)c1ccc(O)cc1P(N)(N)=O. The number of carbonyl (C=O) groups is 1. The normalized spacial score (nSPS) is 12.2. The van der Waals surface area contributed by atoms with Crippen LogP contribution in [0.1, 0.15) is 10.4 Å². The quantitative estimate of drug-likeness (QED) is 0.378. The number of hydrogen-bond donors (Lipinski definition) is 6. The maximum Gasteiger partial charge on any atom is 0.300 e. The van der Waals surface area contributed by atoms with Gasteiger partial charge in [0.15, 0.2) is 0 Å². The van der Waals surface area contributed by atoms with Gasteiger partial charge in [0.05, 0.1) is 10.9 Å². The molecule has 100 valence electrons. The minimum Gasteiger partial charge on any atom is -0.508 e. The molecule has 0 atom stereocenters. The van der Waals surface area contributed by atoms with Crippen molar-refractivity contribution in [3.05, 3.63) is 23.8 Å². The summed E-state index contributed by atoms with van der Waals surface area (Å²) in [6.45, 7) is 0. The van der Waals surface area contributed by atoms with E-state index in [4.69, 9.17) is 22.0 Å². The van der Waals surface area contributed by atoms with Crippen LogP contribution in [0.25, 0.3) is 0 Å². The fourth-order valence-corrected chi connectivity index (χ4v) is 2.54. The molecule has 1 rings (SSSR count). The lowest BCUT2D eigenvalue weighted by Gasteiger charge is -2.14. The number of carbonyl (C=O) groups excluding carboxylic acids is 1. The van der Waals surface area contributed by atoms with E-state index in [-0.39, 0.29) is 16.6 Å². The molecule has 0 bridgehead atoms. The summed E-state index contributed by atoms with van der Waals surface area (Å²) < 4.78 is 22.7. The molecule has 0 heterocycles. The first kappa shape index (κ1) is 14.8. The van der Waals surface area contributed by atoms with Crippen LogP contribution in [0.3, 0.4) is 0 Å². The fraction of sp³-hybridized carbons (Fsp3) is 0. The Labute approximate surface area is 103 Å². The fourth-order valence-electron chi connectivity index (χ4n) is 1.22. The topological polar surface area (TPSA) is 188 Å². The summed E-state index contributed by atoms with van der Waals surface area (Å²) in [5, 5.41) is 10.8. The number of aromatic hydroxyl groups is 1. The summed E-state index contributed by atoms with van der Waals surface area (Å²) >= 11 is 0. The molecule has 18 heavy (non-hydrogen) atoms. The van der Waals surface area contributed by atoms with Crippen molar-refractivity contribution in [3.8, 4) is 5.75 Å². The molecule has 1 aromatic carbocycles. The molecule has 11 heteroatoms. The molecule has 0 radical (unpaired) electrons. The third-order valence-corrected chi connectivity index (χ3v) is 3.55. The summed E-state index contributed by atoms with van der Waals surface area (Å²) in [5.74, 6) is -1.23. The molecule has 0 saturated heterocycles. The van der Waals surface area contributed by atoms with Crippen LogP contribution in [0.5, 0.6) is 5.75 Å². The van der Waals surface area contributed by atoms with Crippen LogP contribution >= 0.6 is 15.0 Å². The zero-order valence-electron chi connectivity index (χ0n) is 9.11. The Morgan fingerprint density at radius 2 is 1.72 bits per heavy atom. The van der Waals surface area contributed by atoms with E-state index in [1.54, 1.807) is 0 Å². The van der Waals surface area contributed by atoms with Gasteiger partial charge in [0.25, 0.3) is 5.91 Å². The van der Waals surface area contributed by atoms with Gasteiger partial charge in [-0.15, -0.1) is 0 Å². The van der Waals surface area contributed by atoms with Gasteiger partial charge in [-0.3, -0.25) is 41.0 Å². The minimum absolute atomic E-state index is 0.225. The average Bonchev–Trinajstić information content (AvgIpc) is 2.13. The second-order valence-corrected chi connectivity index (χ2v) is 7.10. The molecule has 0 aliphatic heterocycles. The van der Waals surface area contributed by atoms with Gasteiger partial charge in [0, 0.05) is 0 Å². The van der Waals surface area contributed by atoms with Gasteiger partial charge in [-0.2, -0.15) is 0 Å². The molecule has 0 aliphatic rings. The van der Waals surface area contributed by atoms with Gasteiger partial charge in [-0.1, -0.05) is 0 Å². The van der Waals surface area contributed by atoms with E-state index in [9.17, 15) is 19.0 Å². The van der Waals surface area contributed by atoms with Gasteiger partial charge in [-0.05, 0) is 18.2 Å². The van der Waals surface area contributed by atoms with Gasteiger partial charge in [-0.25, -0.2) is 0 Å². The zero-order chi connectivity index (χ0) is 14.1. The summed E-state index contributed by atoms with van der Waals surface area (Å²) in [4.78, 5) is 11.7. The first-order valence-electron chi connectivity index (χ1n) is 4.51. The number of rotatable bonds is 3. The van der Waals surface area contributed by atoms with Crippen molar-refractivity contribution < 1.29 is 19.0 Å². The number of hydrogen-bond acceptors (Lipinski definition) is 4. The van der Waals surface area contributed by atoms with Crippen LogP contribution in [-0.2, 0) is 9.13 Å². The lowest BCUT2D eigenvalue weighted by atomic mass is 10.2. The van der Waals surface area contributed by atoms with E-state index >= 15 is 0 Å². The number of amides is 1. The summed E-state index contributed by atoms with van der Waals surface area (Å²) in [6.07, 6.45) is 0. The van der Waals surface area contributed by atoms with Crippen molar-refractivity contribution in [2.75, 3.05) is 0 Å². The van der Waals surface area contributed by atoms with Gasteiger partial charge >= 0.3 is 7.59 Å². The molecular weight excluding hydrogens is 280 g/mol. The zero-order valence-corrected chi connectivity index (χ0v) is 10.9. The number of nitrogens with one attached hydrogen (secondary N) is 1. The highest BCUT2D eigenvalue weighted by Gasteiger charge is 2.24. The average molecular weight is 293 g/mol. The Balaban J connectivity index is 3.29. The Kier molecular flexibility index (Phi) is 3.97. The predicted octanol–water partition coefficient (Wildman–Crippen LogP) is -1.12. The molecule has 0 aromatic heterocycles. The van der Waals surface area contributed by atoms with E-state index < -0.39 is 20.9 Å². The summed E-state index contributed by atoms with van der Waals surface area (Å²) in [6, 6.07) is 3.24. The predicted molar refractivity (Wildman–Crippen MR) is 67.2 cm³/mol. The molecule has 0 fully saturated rings. The highest BCUT2D eigenvalue weighted by Crippen LogP contribution is 2.29. The molecule has 1 amide bonds. The Bertz CT molecular complexity index is 577. The Morgan fingerprint density at radius 3 is 2.17 bits per heavy atom. The second kappa shape index (κ2) is 4.81. The van der Waals surface area contributed by atoms with Crippen LogP contribution < -0.4 is 32.4 Å². The second-order valence-electron chi connectivity index (χ2n) is 3.56. The molecule has 0 saturated carbocycles. The molecule has 1 aromatic rings. The highest BCUT2D eigenvalue weighted by atomic mass is 31.2. The van der Waals surface area contributed by atoms with Crippen molar-refractivity contribution in [1.29, 1.82) is 0 Å².